The fourth-order valence-electron chi connectivity index (χ4n) is 4.07. The van der Waals surface area contributed by atoms with Crippen LogP contribution in [0.25, 0.3) is 0 Å². The fraction of sp³-hybridized carbons (Fsp3) is 0.269. The highest BCUT2D eigenvalue weighted by Crippen LogP contribution is 2.24. The summed E-state index contributed by atoms with van der Waals surface area (Å²) < 4.78 is 13.3. The van der Waals surface area contributed by atoms with Crippen molar-refractivity contribution >= 4 is 23.2 Å². The quantitative estimate of drug-likeness (QED) is 0.552. The van der Waals surface area contributed by atoms with Gasteiger partial charge in [-0.3, -0.25) is 19.5 Å². The van der Waals surface area contributed by atoms with Gasteiger partial charge >= 0.3 is 11.8 Å². The number of carbonyl (C=O) groups excluding carboxylic acids is 2. The third-order valence-corrected chi connectivity index (χ3v) is 5.99. The molecule has 8 heteroatoms. The van der Waals surface area contributed by atoms with Gasteiger partial charge < -0.3 is 15.5 Å². The maximum absolute atomic E-state index is 13.3. The first kappa shape index (κ1) is 23.4. The molecule has 0 bridgehead atoms. The number of amides is 2. The van der Waals surface area contributed by atoms with Gasteiger partial charge in [0.15, 0.2) is 0 Å². The molecule has 0 aliphatic carbocycles. The highest BCUT2D eigenvalue weighted by molar-refractivity contribution is 6.39. The monoisotopic (exact) mass is 461 g/mol. The number of piperazine rings is 1. The molecule has 176 valence electrons. The van der Waals surface area contributed by atoms with E-state index in [9.17, 15) is 14.0 Å². The van der Waals surface area contributed by atoms with Crippen molar-refractivity contribution in [3.05, 3.63) is 90.0 Å². The van der Waals surface area contributed by atoms with E-state index in [1.165, 1.54) is 12.1 Å². The molecule has 1 saturated heterocycles. The number of nitrogens with zero attached hydrogens (tertiary/aromatic N) is 3. The number of hydrogen-bond donors (Lipinski definition) is 2. The van der Waals surface area contributed by atoms with Crippen LogP contribution in [0.2, 0.25) is 0 Å². The van der Waals surface area contributed by atoms with E-state index < -0.39 is 11.8 Å². The van der Waals surface area contributed by atoms with Gasteiger partial charge in [0, 0.05) is 56.5 Å². The molecule has 1 atom stereocenters. The first-order chi connectivity index (χ1) is 16.5. The molecule has 3 aromatic rings. The summed E-state index contributed by atoms with van der Waals surface area (Å²) in [6.45, 7) is 5.28. The number of rotatable bonds is 6. The average Bonchev–Trinajstić information content (AvgIpc) is 2.87. The lowest BCUT2D eigenvalue weighted by atomic mass is 10.1. The van der Waals surface area contributed by atoms with Crippen molar-refractivity contribution in [2.24, 2.45) is 0 Å². The van der Waals surface area contributed by atoms with Gasteiger partial charge in [0.1, 0.15) is 5.82 Å². The SMILES string of the molecule is Cc1ccc(NC(=O)C(=O)NC[C@H](c2cccnc2)N2CCN(c3ccc(F)cc3)CC2)cc1. The summed E-state index contributed by atoms with van der Waals surface area (Å²) in [7, 11) is 0. The number of carbonyl (C=O) groups is 2. The molecule has 4 rings (SSSR count). The second-order valence-corrected chi connectivity index (χ2v) is 8.33. The van der Waals surface area contributed by atoms with Gasteiger partial charge in [-0.1, -0.05) is 23.8 Å². The zero-order valence-electron chi connectivity index (χ0n) is 19.1. The minimum Gasteiger partial charge on any atom is -0.369 e. The van der Waals surface area contributed by atoms with Crippen LogP contribution in [0.15, 0.2) is 73.1 Å². The topological polar surface area (TPSA) is 77.6 Å². The van der Waals surface area contributed by atoms with Crippen LogP contribution < -0.4 is 15.5 Å². The molecule has 2 amide bonds. The van der Waals surface area contributed by atoms with E-state index in [1.54, 1.807) is 36.7 Å². The standard InChI is InChI=1S/C26H28FN5O2/c1-19-4-8-22(9-5-19)30-26(34)25(33)29-18-24(20-3-2-12-28-17-20)32-15-13-31(14-16-32)23-10-6-21(27)7-11-23/h2-12,17,24H,13-16,18H2,1H3,(H,29,33)(H,30,34)/t24-/m1/s1. The summed E-state index contributed by atoms with van der Waals surface area (Å²) in [5.41, 5.74) is 3.60. The predicted octanol–water partition coefficient (Wildman–Crippen LogP) is 3.15. The number of nitrogens with one attached hydrogen (secondary N) is 2. The van der Waals surface area contributed by atoms with Crippen molar-refractivity contribution < 1.29 is 14.0 Å². The van der Waals surface area contributed by atoms with Crippen LogP contribution in [-0.2, 0) is 9.59 Å². The van der Waals surface area contributed by atoms with Crippen LogP contribution in [0.4, 0.5) is 15.8 Å². The third-order valence-electron chi connectivity index (χ3n) is 5.99. The number of aromatic nitrogens is 1. The van der Waals surface area contributed by atoms with Gasteiger partial charge in [0.25, 0.3) is 0 Å². The normalized spacial score (nSPS) is 14.9. The van der Waals surface area contributed by atoms with E-state index in [0.29, 0.717) is 5.69 Å². The molecule has 7 nitrogen and oxygen atoms in total. The minimum atomic E-state index is -0.699. The largest absolute Gasteiger partial charge is 0.369 e. The molecule has 2 N–H and O–H groups in total. The summed E-state index contributed by atoms with van der Waals surface area (Å²) in [5.74, 6) is -1.63. The third kappa shape index (κ3) is 5.96. The zero-order valence-corrected chi connectivity index (χ0v) is 19.1. The van der Waals surface area contributed by atoms with Gasteiger partial charge in [-0.15, -0.1) is 0 Å². The molecule has 34 heavy (non-hydrogen) atoms. The molecule has 0 radical (unpaired) electrons. The van der Waals surface area contributed by atoms with Crippen LogP contribution >= 0.6 is 0 Å². The molecule has 1 aromatic heterocycles. The molecule has 0 spiro atoms. The van der Waals surface area contributed by atoms with Gasteiger partial charge in [-0.2, -0.15) is 0 Å². The van der Waals surface area contributed by atoms with E-state index >= 15 is 0 Å². The van der Waals surface area contributed by atoms with Crippen LogP contribution in [0.1, 0.15) is 17.2 Å². The number of halogens is 1. The van der Waals surface area contributed by atoms with Crippen LogP contribution in [0.5, 0.6) is 0 Å². The van der Waals surface area contributed by atoms with Crippen molar-refractivity contribution in [2.45, 2.75) is 13.0 Å². The molecule has 2 heterocycles. The van der Waals surface area contributed by atoms with Crippen molar-refractivity contribution in [1.82, 2.24) is 15.2 Å². The second-order valence-electron chi connectivity index (χ2n) is 8.33. The molecule has 1 aliphatic rings. The first-order valence-electron chi connectivity index (χ1n) is 11.3. The molecule has 2 aromatic carbocycles. The molecule has 1 aliphatic heterocycles. The Morgan fingerprint density at radius 3 is 2.32 bits per heavy atom. The number of pyridine rings is 1. The summed E-state index contributed by atoms with van der Waals surface area (Å²) in [4.78, 5) is 33.6. The lowest BCUT2D eigenvalue weighted by molar-refractivity contribution is -0.136. The van der Waals surface area contributed by atoms with E-state index in [1.807, 2.05) is 31.2 Å². The Kier molecular flexibility index (Phi) is 7.49. The van der Waals surface area contributed by atoms with E-state index in [4.69, 9.17) is 0 Å². The minimum absolute atomic E-state index is 0.125. The second kappa shape index (κ2) is 10.9. The van der Waals surface area contributed by atoms with Gasteiger partial charge in [-0.25, -0.2) is 4.39 Å². The Balaban J connectivity index is 1.38. The Bertz CT molecular complexity index is 1100. The molecule has 1 fully saturated rings. The Labute approximate surface area is 198 Å². The highest BCUT2D eigenvalue weighted by atomic mass is 19.1. The fourth-order valence-corrected chi connectivity index (χ4v) is 4.07. The van der Waals surface area contributed by atoms with E-state index in [-0.39, 0.29) is 18.4 Å². The molecular formula is C26H28FN5O2. The zero-order chi connectivity index (χ0) is 23.9. The van der Waals surface area contributed by atoms with Crippen LogP contribution in [-0.4, -0.2) is 54.4 Å². The Morgan fingerprint density at radius 1 is 0.971 bits per heavy atom. The smallest absolute Gasteiger partial charge is 0.313 e. The van der Waals surface area contributed by atoms with Gasteiger partial charge in [-0.05, 0) is 55.0 Å². The number of benzene rings is 2. The van der Waals surface area contributed by atoms with Crippen molar-refractivity contribution in [3.8, 4) is 0 Å². The number of hydrogen-bond acceptors (Lipinski definition) is 5. The molecule has 0 unspecified atom stereocenters. The summed E-state index contributed by atoms with van der Waals surface area (Å²) >= 11 is 0. The van der Waals surface area contributed by atoms with Gasteiger partial charge in [0.2, 0.25) is 0 Å². The van der Waals surface area contributed by atoms with E-state index in [0.717, 1.165) is 43.0 Å². The maximum atomic E-state index is 13.3. The van der Waals surface area contributed by atoms with Crippen LogP contribution in [0.3, 0.4) is 0 Å². The number of aryl methyl sites for hydroxylation is 1. The summed E-state index contributed by atoms with van der Waals surface area (Å²) in [5, 5.41) is 5.41. The highest BCUT2D eigenvalue weighted by Gasteiger charge is 2.27. The van der Waals surface area contributed by atoms with Crippen molar-refractivity contribution in [1.29, 1.82) is 0 Å². The Morgan fingerprint density at radius 2 is 1.68 bits per heavy atom. The lowest BCUT2D eigenvalue weighted by Crippen LogP contribution is -2.50. The maximum Gasteiger partial charge on any atom is 0.313 e. The van der Waals surface area contributed by atoms with Gasteiger partial charge in [0.05, 0.1) is 6.04 Å². The van der Waals surface area contributed by atoms with E-state index in [2.05, 4.69) is 25.4 Å². The van der Waals surface area contributed by atoms with Crippen molar-refractivity contribution in [3.63, 3.8) is 0 Å². The Hall–Kier alpha value is -3.78. The molecule has 0 saturated carbocycles. The summed E-state index contributed by atoms with van der Waals surface area (Å²) in [6, 6.07) is 17.5. The lowest BCUT2D eigenvalue weighted by Gasteiger charge is -2.40. The molecular weight excluding hydrogens is 433 g/mol. The average molecular weight is 462 g/mol. The first-order valence-corrected chi connectivity index (χ1v) is 11.3. The summed E-state index contributed by atoms with van der Waals surface area (Å²) in [6.07, 6.45) is 3.50. The van der Waals surface area contributed by atoms with Crippen LogP contribution in [0, 0.1) is 12.7 Å². The van der Waals surface area contributed by atoms with Crippen molar-refractivity contribution in [2.75, 3.05) is 42.9 Å². The number of anilines is 2. The predicted molar refractivity (Wildman–Crippen MR) is 130 cm³/mol.